The minimum atomic E-state index is -1.07. The van der Waals surface area contributed by atoms with Crippen LogP contribution in [-0.2, 0) is 4.79 Å². The summed E-state index contributed by atoms with van der Waals surface area (Å²) in [5.74, 6) is 1.33. The Morgan fingerprint density at radius 1 is 1.64 bits per heavy atom. The zero-order valence-electron chi connectivity index (χ0n) is 7.26. The molecule has 0 aromatic rings. The van der Waals surface area contributed by atoms with E-state index in [1.165, 1.54) is 0 Å². The van der Waals surface area contributed by atoms with Crippen LogP contribution >= 0.6 is 0 Å². The number of likely N-dealkylation sites (N-methyl/N-ethyl adjacent to an activating group) is 1. The first-order valence-corrected chi connectivity index (χ1v) is 2.93. The van der Waals surface area contributed by atoms with Crippen LogP contribution in [0.4, 0.5) is 0 Å². The van der Waals surface area contributed by atoms with E-state index in [1.54, 1.807) is 14.1 Å². The summed E-state index contributed by atoms with van der Waals surface area (Å²) in [7, 11) is 3.49. The van der Waals surface area contributed by atoms with Gasteiger partial charge in [0, 0.05) is 0 Å². The Balaban J connectivity index is 0. The molecule has 0 rings (SSSR count). The first-order chi connectivity index (χ1) is 4.48. The topological polar surface area (TPSA) is 40.1 Å². The first-order valence-electron chi connectivity index (χ1n) is 2.93. The average molecular weight is 164 g/mol. The average Bonchev–Trinajstić information content (AvgIpc) is 1.59. The number of carbonyl (C=O) groups is 1. The van der Waals surface area contributed by atoms with Crippen LogP contribution < -0.4 is 34.7 Å². The second-order valence-corrected chi connectivity index (χ2v) is 2.83. The van der Waals surface area contributed by atoms with Crippen LogP contribution in [0.5, 0.6) is 0 Å². The Bertz CT molecular complexity index is 172. The van der Waals surface area contributed by atoms with Crippen LogP contribution in [0.2, 0.25) is 0 Å². The van der Waals surface area contributed by atoms with Gasteiger partial charge in [0.05, 0.1) is 20.1 Å². The number of carbonyl (C=O) groups excluding carboxylic acids is 1. The fraction of sp³-hybridized carbons (Fsp3) is 0.571. The van der Waals surface area contributed by atoms with Crippen LogP contribution in [0.15, 0.2) is 0 Å². The van der Waals surface area contributed by atoms with Crippen molar-refractivity contribution in [2.75, 3.05) is 27.2 Å². The third kappa shape index (κ3) is 7.89. The van der Waals surface area contributed by atoms with Crippen LogP contribution in [0.3, 0.4) is 0 Å². The Kier molecular flexibility index (Phi) is 6.93. The number of nitrogens with zero attached hydrogens (tertiary/aromatic N) is 1. The Morgan fingerprint density at radius 3 is 2.36 bits per heavy atom. The number of rotatable bonds is 3. The van der Waals surface area contributed by atoms with E-state index in [9.17, 15) is 9.90 Å². The molecule has 0 bridgehead atoms. The molecular formula is C7H11NNaO2+. The van der Waals surface area contributed by atoms with Crippen molar-refractivity contribution in [2.45, 2.75) is 0 Å². The van der Waals surface area contributed by atoms with E-state index >= 15 is 0 Å². The molecule has 0 atom stereocenters. The smallest absolute Gasteiger partial charge is 0.544 e. The van der Waals surface area contributed by atoms with Crippen molar-refractivity contribution in [3.8, 4) is 12.3 Å². The van der Waals surface area contributed by atoms with Crippen molar-refractivity contribution in [1.82, 2.24) is 0 Å². The maximum absolute atomic E-state index is 10.1. The summed E-state index contributed by atoms with van der Waals surface area (Å²) < 4.78 is 0.277. The fourth-order valence-corrected chi connectivity index (χ4v) is 0.653. The zero-order chi connectivity index (χ0) is 8.20. The van der Waals surface area contributed by atoms with Gasteiger partial charge in [-0.1, -0.05) is 0 Å². The number of carboxylic acids is 1. The van der Waals surface area contributed by atoms with Gasteiger partial charge >= 0.3 is 29.6 Å². The minimum Gasteiger partial charge on any atom is -0.544 e. The molecule has 0 aliphatic heterocycles. The predicted molar refractivity (Wildman–Crippen MR) is 35.7 cm³/mol. The van der Waals surface area contributed by atoms with Crippen LogP contribution in [-0.4, -0.2) is 37.6 Å². The van der Waals surface area contributed by atoms with Crippen molar-refractivity contribution < 1.29 is 43.9 Å². The second-order valence-electron chi connectivity index (χ2n) is 2.83. The standard InChI is InChI=1S/C7H11NO2.Na/c1-4-5-8(2,3)6-7(9)10;/h1H,5-6H2,2-3H3;/q;+1. The third-order valence-corrected chi connectivity index (χ3v) is 1.08. The molecule has 0 saturated heterocycles. The molecule has 0 spiro atoms. The van der Waals surface area contributed by atoms with Crippen molar-refractivity contribution in [2.24, 2.45) is 0 Å². The van der Waals surface area contributed by atoms with E-state index in [0.717, 1.165) is 0 Å². The van der Waals surface area contributed by atoms with Crippen LogP contribution in [0.1, 0.15) is 0 Å². The molecule has 0 aliphatic carbocycles. The Labute approximate surface area is 89.3 Å². The molecule has 0 aromatic heterocycles. The molecule has 0 aliphatic rings. The molecule has 11 heavy (non-hydrogen) atoms. The van der Waals surface area contributed by atoms with E-state index < -0.39 is 5.97 Å². The molecule has 0 saturated carbocycles. The van der Waals surface area contributed by atoms with Crippen molar-refractivity contribution in [3.63, 3.8) is 0 Å². The molecule has 56 valence electrons. The van der Waals surface area contributed by atoms with Gasteiger partial charge in [0.2, 0.25) is 0 Å². The molecule has 0 fully saturated rings. The van der Waals surface area contributed by atoms with Gasteiger partial charge in [0.1, 0.15) is 13.1 Å². The predicted octanol–water partition coefficient (Wildman–Crippen LogP) is -4.55. The Morgan fingerprint density at radius 2 is 2.09 bits per heavy atom. The fourth-order valence-electron chi connectivity index (χ4n) is 0.653. The SMILES string of the molecule is C#CC[N+](C)(C)CC(=O)[O-].[Na+]. The normalized spacial score (nSPS) is 9.55. The van der Waals surface area contributed by atoms with E-state index in [1.807, 2.05) is 0 Å². The molecule has 0 unspecified atom stereocenters. The number of hydrogen-bond donors (Lipinski definition) is 0. The molecule has 3 nitrogen and oxygen atoms in total. The summed E-state index contributed by atoms with van der Waals surface area (Å²) in [6, 6.07) is 0. The van der Waals surface area contributed by atoms with E-state index in [2.05, 4.69) is 5.92 Å². The van der Waals surface area contributed by atoms with Gasteiger partial charge < -0.3 is 14.4 Å². The monoisotopic (exact) mass is 164 g/mol. The van der Waals surface area contributed by atoms with Crippen molar-refractivity contribution in [1.29, 1.82) is 0 Å². The number of hydrogen-bond acceptors (Lipinski definition) is 2. The summed E-state index contributed by atoms with van der Waals surface area (Å²) in [6.45, 7) is 0.373. The van der Waals surface area contributed by atoms with Gasteiger partial charge in [-0.2, -0.15) is 0 Å². The number of carboxylic acid groups (broad SMARTS) is 1. The van der Waals surface area contributed by atoms with Crippen LogP contribution in [0.25, 0.3) is 0 Å². The van der Waals surface area contributed by atoms with Crippen LogP contribution in [0, 0.1) is 12.3 Å². The summed E-state index contributed by atoms with van der Waals surface area (Å²) in [6.07, 6.45) is 5.01. The van der Waals surface area contributed by atoms with Gasteiger partial charge in [-0.05, 0) is 5.92 Å². The number of quaternary nitrogens is 1. The van der Waals surface area contributed by atoms with Gasteiger partial charge in [0.15, 0.2) is 0 Å². The molecule has 0 aromatic carbocycles. The largest absolute Gasteiger partial charge is 1.00 e. The summed E-state index contributed by atoms with van der Waals surface area (Å²) in [4.78, 5) is 10.1. The van der Waals surface area contributed by atoms with Gasteiger partial charge in [-0.15, -0.1) is 6.42 Å². The molecule has 0 heterocycles. The maximum Gasteiger partial charge on any atom is 1.00 e. The molecule has 0 amide bonds. The summed E-state index contributed by atoms with van der Waals surface area (Å²) in [5.41, 5.74) is 0. The summed E-state index contributed by atoms with van der Waals surface area (Å²) in [5, 5.41) is 10.1. The molecule has 0 radical (unpaired) electrons. The molecule has 4 heteroatoms. The van der Waals surface area contributed by atoms with Gasteiger partial charge in [-0.3, -0.25) is 0 Å². The second kappa shape index (κ2) is 5.62. The van der Waals surface area contributed by atoms with E-state index in [0.29, 0.717) is 6.54 Å². The van der Waals surface area contributed by atoms with Gasteiger partial charge in [0.25, 0.3) is 0 Å². The first kappa shape index (κ1) is 13.6. The van der Waals surface area contributed by atoms with Crippen molar-refractivity contribution >= 4 is 5.97 Å². The minimum absolute atomic E-state index is 0. The van der Waals surface area contributed by atoms with Crippen molar-refractivity contribution in [3.05, 3.63) is 0 Å². The zero-order valence-corrected chi connectivity index (χ0v) is 9.26. The summed E-state index contributed by atoms with van der Waals surface area (Å²) >= 11 is 0. The quantitative estimate of drug-likeness (QED) is 0.239. The van der Waals surface area contributed by atoms with E-state index in [4.69, 9.17) is 6.42 Å². The van der Waals surface area contributed by atoms with E-state index in [-0.39, 0.29) is 40.6 Å². The third-order valence-electron chi connectivity index (χ3n) is 1.08. The molecular weight excluding hydrogens is 153 g/mol. The molecule has 0 N–H and O–H groups in total. The number of terminal acetylenes is 1. The maximum atomic E-state index is 10.1. The Hall–Kier alpha value is -0.0100. The van der Waals surface area contributed by atoms with Gasteiger partial charge in [-0.25, -0.2) is 0 Å². The number of aliphatic carboxylic acids is 1.